The summed E-state index contributed by atoms with van der Waals surface area (Å²) in [6, 6.07) is 7.73. The second kappa shape index (κ2) is 3.97. The average molecular weight is 198 g/mol. The summed E-state index contributed by atoms with van der Waals surface area (Å²) in [6.07, 6.45) is 4.12. The molecule has 1 N–H and O–H groups in total. The molecule has 74 valence electrons. The number of nitriles is 1. The molecule has 0 unspecified atom stereocenters. The molecule has 1 amide bonds. The molecule has 15 heavy (non-hydrogen) atoms. The lowest BCUT2D eigenvalue weighted by molar-refractivity contribution is 0.0966. The number of nitrogens with zero attached hydrogens (tertiary/aromatic N) is 1. The third-order valence-electron chi connectivity index (χ3n) is 2.33. The van der Waals surface area contributed by atoms with Gasteiger partial charge < -0.3 is 5.32 Å². The molecule has 3 heteroatoms. The van der Waals surface area contributed by atoms with Crippen LogP contribution >= 0.6 is 0 Å². The van der Waals surface area contributed by atoms with Gasteiger partial charge in [0.25, 0.3) is 5.91 Å². The Kier molecular flexibility index (Phi) is 2.51. The predicted molar refractivity (Wildman–Crippen MR) is 56.9 cm³/mol. The SMILES string of the molecule is N#CCC=Cc1ccc2c(c1)CNC2=O. The smallest absolute Gasteiger partial charge is 0.251 e. The van der Waals surface area contributed by atoms with Crippen molar-refractivity contribution in [2.45, 2.75) is 13.0 Å². The Labute approximate surface area is 88.0 Å². The molecule has 1 aromatic rings. The van der Waals surface area contributed by atoms with Crippen LogP contribution in [-0.2, 0) is 6.54 Å². The molecule has 0 saturated carbocycles. The molecule has 0 radical (unpaired) electrons. The van der Waals surface area contributed by atoms with Gasteiger partial charge in [0.05, 0.1) is 12.5 Å². The lowest BCUT2D eigenvalue weighted by atomic mass is 10.1. The molecular weight excluding hydrogens is 188 g/mol. The number of hydrogen-bond acceptors (Lipinski definition) is 2. The van der Waals surface area contributed by atoms with E-state index >= 15 is 0 Å². The summed E-state index contributed by atoms with van der Waals surface area (Å²) in [6.45, 7) is 0.605. The van der Waals surface area contributed by atoms with Crippen molar-refractivity contribution in [2.75, 3.05) is 0 Å². The minimum Gasteiger partial charge on any atom is -0.348 e. The number of hydrogen-bond donors (Lipinski definition) is 1. The summed E-state index contributed by atoms with van der Waals surface area (Å²) in [5.74, 6) is -0.00226. The van der Waals surface area contributed by atoms with E-state index in [0.717, 1.165) is 16.7 Å². The minimum absolute atomic E-state index is 0.00226. The zero-order valence-corrected chi connectivity index (χ0v) is 8.16. The van der Waals surface area contributed by atoms with E-state index in [1.54, 1.807) is 0 Å². The summed E-state index contributed by atoms with van der Waals surface area (Å²) in [4.78, 5) is 11.3. The molecule has 0 bridgehead atoms. The van der Waals surface area contributed by atoms with Gasteiger partial charge in [0, 0.05) is 12.1 Å². The average Bonchev–Trinajstić information content (AvgIpc) is 2.61. The quantitative estimate of drug-likeness (QED) is 0.788. The number of carbonyl (C=O) groups excluding carboxylic acids is 1. The lowest BCUT2D eigenvalue weighted by Crippen LogP contribution is -2.12. The molecule has 2 rings (SSSR count). The first-order valence-corrected chi connectivity index (χ1v) is 4.76. The van der Waals surface area contributed by atoms with Gasteiger partial charge in [-0.2, -0.15) is 5.26 Å². The number of carbonyl (C=O) groups is 1. The van der Waals surface area contributed by atoms with Crippen molar-refractivity contribution in [3.05, 3.63) is 41.0 Å². The van der Waals surface area contributed by atoms with Gasteiger partial charge >= 0.3 is 0 Å². The van der Waals surface area contributed by atoms with Crippen molar-refractivity contribution in [1.82, 2.24) is 5.32 Å². The maximum absolute atomic E-state index is 11.3. The summed E-state index contributed by atoms with van der Waals surface area (Å²) in [5.41, 5.74) is 2.81. The van der Waals surface area contributed by atoms with E-state index in [1.807, 2.05) is 36.4 Å². The van der Waals surface area contributed by atoms with Crippen LogP contribution in [0.25, 0.3) is 6.08 Å². The summed E-state index contributed by atoms with van der Waals surface area (Å²) >= 11 is 0. The third kappa shape index (κ3) is 1.89. The highest BCUT2D eigenvalue weighted by atomic mass is 16.1. The van der Waals surface area contributed by atoms with E-state index < -0.39 is 0 Å². The molecule has 0 saturated heterocycles. The third-order valence-corrected chi connectivity index (χ3v) is 2.33. The highest BCUT2D eigenvalue weighted by molar-refractivity contribution is 5.98. The number of rotatable bonds is 2. The summed E-state index contributed by atoms with van der Waals surface area (Å²) in [7, 11) is 0. The Balaban J connectivity index is 2.24. The molecule has 1 aliphatic heterocycles. The standard InChI is InChI=1S/C12H10N2O/c13-6-2-1-3-9-4-5-11-10(7-9)8-14-12(11)15/h1,3-5,7H,2,8H2,(H,14,15). The van der Waals surface area contributed by atoms with Crippen molar-refractivity contribution in [1.29, 1.82) is 5.26 Å². The first-order valence-electron chi connectivity index (χ1n) is 4.76. The molecule has 1 aromatic carbocycles. The minimum atomic E-state index is -0.00226. The van der Waals surface area contributed by atoms with Crippen LogP contribution in [0.1, 0.15) is 27.9 Å². The summed E-state index contributed by atoms with van der Waals surface area (Å²) in [5, 5.41) is 11.1. The van der Waals surface area contributed by atoms with Crippen LogP contribution in [0.2, 0.25) is 0 Å². The fourth-order valence-corrected chi connectivity index (χ4v) is 1.60. The van der Waals surface area contributed by atoms with Crippen LogP contribution in [0.15, 0.2) is 24.3 Å². The van der Waals surface area contributed by atoms with Gasteiger partial charge in [-0.25, -0.2) is 0 Å². The van der Waals surface area contributed by atoms with Gasteiger partial charge in [-0.05, 0) is 23.3 Å². The normalized spacial score (nSPS) is 13.7. The molecule has 0 aromatic heterocycles. The van der Waals surface area contributed by atoms with Crippen molar-refractivity contribution in [3.63, 3.8) is 0 Å². The van der Waals surface area contributed by atoms with Crippen molar-refractivity contribution >= 4 is 12.0 Å². The van der Waals surface area contributed by atoms with Gasteiger partial charge in [0.1, 0.15) is 0 Å². The van der Waals surface area contributed by atoms with Gasteiger partial charge in [-0.15, -0.1) is 0 Å². The fraction of sp³-hybridized carbons (Fsp3) is 0.167. The monoisotopic (exact) mass is 198 g/mol. The van der Waals surface area contributed by atoms with Gasteiger partial charge in [0.15, 0.2) is 0 Å². The molecule has 0 fully saturated rings. The zero-order chi connectivity index (χ0) is 10.7. The van der Waals surface area contributed by atoms with Crippen molar-refractivity contribution < 1.29 is 4.79 Å². The van der Waals surface area contributed by atoms with Crippen LogP contribution in [0.4, 0.5) is 0 Å². The van der Waals surface area contributed by atoms with E-state index in [0.29, 0.717) is 13.0 Å². The van der Waals surface area contributed by atoms with Gasteiger partial charge in [0.2, 0.25) is 0 Å². The van der Waals surface area contributed by atoms with Crippen LogP contribution in [0.3, 0.4) is 0 Å². The van der Waals surface area contributed by atoms with Crippen molar-refractivity contribution in [2.24, 2.45) is 0 Å². The van der Waals surface area contributed by atoms with Crippen molar-refractivity contribution in [3.8, 4) is 6.07 Å². The Hall–Kier alpha value is -2.08. The summed E-state index contributed by atoms with van der Waals surface area (Å²) < 4.78 is 0. The Morgan fingerprint density at radius 2 is 2.40 bits per heavy atom. The molecule has 1 aliphatic rings. The molecule has 0 atom stereocenters. The van der Waals surface area contributed by atoms with E-state index in [1.165, 1.54) is 0 Å². The zero-order valence-electron chi connectivity index (χ0n) is 8.16. The topological polar surface area (TPSA) is 52.9 Å². The highest BCUT2D eigenvalue weighted by Crippen LogP contribution is 2.17. The number of nitrogens with one attached hydrogen (secondary N) is 1. The maximum Gasteiger partial charge on any atom is 0.251 e. The van der Waals surface area contributed by atoms with Gasteiger partial charge in [-0.3, -0.25) is 4.79 Å². The first kappa shape index (κ1) is 9.47. The first-order chi connectivity index (χ1) is 7.31. The Bertz CT molecular complexity index is 469. The molecule has 0 aliphatic carbocycles. The van der Waals surface area contributed by atoms with Crippen LogP contribution in [-0.4, -0.2) is 5.91 Å². The molecule has 0 spiro atoms. The lowest BCUT2D eigenvalue weighted by Gasteiger charge is -1.97. The molecule has 3 nitrogen and oxygen atoms in total. The van der Waals surface area contributed by atoms with Gasteiger partial charge in [-0.1, -0.05) is 18.2 Å². The molecular formula is C12H10N2O. The van der Waals surface area contributed by atoms with E-state index in [9.17, 15) is 4.79 Å². The van der Waals surface area contributed by atoms with Crippen LogP contribution in [0.5, 0.6) is 0 Å². The van der Waals surface area contributed by atoms with E-state index in [-0.39, 0.29) is 5.91 Å². The Morgan fingerprint density at radius 3 is 3.20 bits per heavy atom. The predicted octanol–water partition coefficient (Wildman–Crippen LogP) is 1.86. The second-order valence-corrected chi connectivity index (χ2v) is 3.36. The number of benzene rings is 1. The molecule has 1 heterocycles. The fourth-order valence-electron chi connectivity index (χ4n) is 1.60. The highest BCUT2D eigenvalue weighted by Gasteiger charge is 2.17. The maximum atomic E-state index is 11.3. The largest absolute Gasteiger partial charge is 0.348 e. The van der Waals surface area contributed by atoms with E-state index in [4.69, 9.17) is 5.26 Å². The Morgan fingerprint density at radius 1 is 1.53 bits per heavy atom. The van der Waals surface area contributed by atoms with Crippen LogP contribution in [0, 0.1) is 11.3 Å². The van der Waals surface area contributed by atoms with E-state index in [2.05, 4.69) is 5.32 Å². The van der Waals surface area contributed by atoms with Crippen LogP contribution < -0.4 is 5.32 Å². The second-order valence-electron chi connectivity index (χ2n) is 3.36. The number of amides is 1. The number of fused-ring (bicyclic) bond motifs is 1. The number of allylic oxidation sites excluding steroid dienone is 1.